The molecule has 1 aliphatic carbocycles. The van der Waals surface area contributed by atoms with Crippen molar-refractivity contribution in [2.45, 2.75) is 69.6 Å². The fraction of sp³-hybridized carbons (Fsp3) is 0.606. The Labute approximate surface area is 291 Å². The number of nitrogens with one attached hydrogen (secondary N) is 6. The van der Waals surface area contributed by atoms with Gasteiger partial charge in [-0.25, -0.2) is 0 Å². The highest BCUT2D eigenvalue weighted by atomic mass is 16.5. The van der Waals surface area contributed by atoms with E-state index in [0.29, 0.717) is 18.5 Å². The second kappa shape index (κ2) is 20.8. The fourth-order valence-corrected chi connectivity index (χ4v) is 5.84. The van der Waals surface area contributed by atoms with Crippen molar-refractivity contribution in [2.75, 3.05) is 53.1 Å². The van der Waals surface area contributed by atoms with E-state index in [0.717, 1.165) is 37.7 Å². The maximum atomic E-state index is 13.7. The molecule has 0 unspecified atom stereocenters. The maximum Gasteiger partial charge on any atom is 0.305 e. The van der Waals surface area contributed by atoms with Crippen molar-refractivity contribution in [3.05, 3.63) is 35.4 Å². The van der Waals surface area contributed by atoms with Crippen molar-refractivity contribution in [2.24, 2.45) is 11.7 Å². The quantitative estimate of drug-likeness (QED) is 0.0419. The summed E-state index contributed by atoms with van der Waals surface area (Å²) in [6, 6.07) is 4.64. The molecule has 1 aliphatic heterocycles. The number of carboxylic acid groups (broad SMARTS) is 1. The summed E-state index contributed by atoms with van der Waals surface area (Å²) in [5.41, 5.74) is 6.95. The molecule has 3 atom stereocenters. The Morgan fingerprint density at radius 3 is 2.28 bits per heavy atom. The number of aliphatic carboxylic acids is 1. The predicted molar refractivity (Wildman–Crippen MR) is 181 cm³/mol. The van der Waals surface area contributed by atoms with Crippen LogP contribution in [-0.4, -0.2) is 123 Å². The van der Waals surface area contributed by atoms with E-state index in [-0.39, 0.29) is 75.5 Å². The molecule has 50 heavy (non-hydrogen) atoms. The molecule has 0 bridgehead atoms. The van der Waals surface area contributed by atoms with E-state index in [1.165, 1.54) is 7.05 Å². The summed E-state index contributed by atoms with van der Waals surface area (Å²) in [5, 5.41) is 29.8. The molecule has 5 amide bonds. The minimum absolute atomic E-state index is 0.0328. The zero-order valence-electron chi connectivity index (χ0n) is 28.5. The van der Waals surface area contributed by atoms with Crippen molar-refractivity contribution in [1.29, 1.82) is 5.41 Å². The van der Waals surface area contributed by atoms with Gasteiger partial charge in [-0.05, 0) is 30.7 Å². The molecule has 17 heteroatoms. The number of nitrogens with two attached hydrogens (primary N) is 1. The number of hydrogen-bond acceptors (Lipinski definition) is 10. The number of nitrogen functional groups attached to an aromatic ring is 1. The lowest BCUT2D eigenvalue weighted by Gasteiger charge is -2.43. The van der Waals surface area contributed by atoms with E-state index < -0.39 is 42.3 Å². The number of benzene rings is 1. The summed E-state index contributed by atoms with van der Waals surface area (Å²) in [4.78, 5) is 75.5. The molecule has 3 rings (SSSR count). The molecule has 1 saturated heterocycles. The van der Waals surface area contributed by atoms with Crippen molar-refractivity contribution in [3.8, 4) is 0 Å². The van der Waals surface area contributed by atoms with Gasteiger partial charge in [0.1, 0.15) is 24.5 Å². The van der Waals surface area contributed by atoms with Crippen LogP contribution in [0.4, 0.5) is 0 Å². The Balaban J connectivity index is 1.36. The first kappa shape index (κ1) is 39.8. The molecule has 0 aromatic heterocycles. The highest BCUT2D eigenvalue weighted by molar-refractivity contribution is 5.95. The number of ether oxygens (including phenoxy) is 2. The third kappa shape index (κ3) is 13.0. The minimum Gasteiger partial charge on any atom is -0.481 e. The second-order valence-corrected chi connectivity index (χ2v) is 12.3. The number of likely N-dealkylation sites (tertiary alicyclic amines) is 1. The standard InChI is InChI=1S/C33H50N8O9/c1-36-31(46)24(17-28(44)45)40-27(43)20-50-16-15-49-14-12-37-26(42)19-38-29(22-5-3-2-4-6-22)33(48)41-13-11-25(41)32(47)39-18-21-7-9-23(10-8-21)30(34)35/h7-10,22,24-25,29,38H,2-6,11-20H2,1H3,(H3,34,35)(H,36,46)(H,37,42)(H,39,47)(H,40,43)(H,44,45)/t24-,25-,29+/m0/s1. The fourth-order valence-electron chi connectivity index (χ4n) is 5.84. The average molecular weight is 703 g/mol. The van der Waals surface area contributed by atoms with E-state index in [1.807, 2.05) is 0 Å². The number of hydrogen-bond donors (Lipinski definition) is 8. The monoisotopic (exact) mass is 702 g/mol. The van der Waals surface area contributed by atoms with Crippen LogP contribution < -0.4 is 32.3 Å². The summed E-state index contributed by atoms with van der Waals surface area (Å²) in [7, 11) is 1.33. The van der Waals surface area contributed by atoms with Crippen LogP contribution in [-0.2, 0) is 44.8 Å². The Morgan fingerprint density at radius 1 is 0.960 bits per heavy atom. The van der Waals surface area contributed by atoms with Crippen LogP contribution in [0.15, 0.2) is 24.3 Å². The van der Waals surface area contributed by atoms with Gasteiger partial charge in [0.25, 0.3) is 0 Å². The molecule has 1 saturated carbocycles. The molecule has 1 aromatic carbocycles. The highest BCUT2D eigenvalue weighted by Crippen LogP contribution is 2.29. The first-order valence-corrected chi connectivity index (χ1v) is 16.9. The smallest absolute Gasteiger partial charge is 0.305 e. The molecule has 0 radical (unpaired) electrons. The van der Waals surface area contributed by atoms with Crippen molar-refractivity contribution < 1.29 is 43.3 Å². The number of amidine groups is 1. The number of carbonyl (C=O) groups excluding carboxylic acids is 5. The van der Waals surface area contributed by atoms with Gasteiger partial charge >= 0.3 is 5.97 Å². The Hall–Kier alpha value is -4.61. The van der Waals surface area contributed by atoms with E-state index >= 15 is 0 Å². The van der Waals surface area contributed by atoms with Gasteiger partial charge in [-0.15, -0.1) is 0 Å². The zero-order chi connectivity index (χ0) is 36.5. The van der Waals surface area contributed by atoms with E-state index in [2.05, 4.69) is 26.6 Å². The third-order valence-electron chi connectivity index (χ3n) is 8.66. The largest absolute Gasteiger partial charge is 0.481 e. The summed E-state index contributed by atoms with van der Waals surface area (Å²) in [6.45, 7) is 0.850. The molecular weight excluding hydrogens is 652 g/mol. The molecule has 1 heterocycles. The molecule has 17 nitrogen and oxygen atoms in total. The van der Waals surface area contributed by atoms with E-state index in [4.69, 9.17) is 25.7 Å². The highest BCUT2D eigenvalue weighted by Gasteiger charge is 2.42. The maximum absolute atomic E-state index is 13.7. The molecule has 276 valence electrons. The Morgan fingerprint density at radius 2 is 1.66 bits per heavy atom. The van der Waals surface area contributed by atoms with Crippen molar-refractivity contribution in [3.63, 3.8) is 0 Å². The Bertz CT molecular complexity index is 1340. The van der Waals surface area contributed by atoms with Gasteiger partial charge in [0.15, 0.2) is 0 Å². The average Bonchev–Trinajstić information content (AvgIpc) is 3.07. The summed E-state index contributed by atoms with van der Waals surface area (Å²) in [5.74, 6) is -3.20. The first-order chi connectivity index (χ1) is 24.0. The van der Waals surface area contributed by atoms with Gasteiger partial charge < -0.3 is 46.5 Å². The molecule has 2 aliphatic rings. The second-order valence-electron chi connectivity index (χ2n) is 12.3. The summed E-state index contributed by atoms with van der Waals surface area (Å²) < 4.78 is 10.6. The van der Waals surface area contributed by atoms with Crippen LogP contribution in [0, 0.1) is 11.3 Å². The number of carboxylic acids is 1. The molecule has 2 fully saturated rings. The van der Waals surface area contributed by atoms with Gasteiger partial charge in [-0.1, -0.05) is 43.5 Å². The number of nitrogens with zero attached hydrogens (tertiary/aromatic N) is 1. The topological polar surface area (TPSA) is 254 Å². The van der Waals surface area contributed by atoms with Crippen LogP contribution in [0.25, 0.3) is 0 Å². The van der Waals surface area contributed by atoms with Gasteiger partial charge in [0.2, 0.25) is 29.5 Å². The molecule has 9 N–H and O–H groups in total. The molecule has 1 aromatic rings. The first-order valence-electron chi connectivity index (χ1n) is 16.9. The van der Waals surface area contributed by atoms with E-state index in [1.54, 1.807) is 29.2 Å². The third-order valence-corrected chi connectivity index (χ3v) is 8.66. The normalized spacial score (nSPS) is 17.1. The van der Waals surface area contributed by atoms with Crippen LogP contribution in [0.2, 0.25) is 0 Å². The van der Waals surface area contributed by atoms with Crippen LogP contribution in [0.1, 0.15) is 56.1 Å². The van der Waals surface area contributed by atoms with Gasteiger partial charge in [0, 0.05) is 32.2 Å². The lowest BCUT2D eigenvalue weighted by atomic mass is 9.82. The predicted octanol–water partition coefficient (Wildman–Crippen LogP) is -1.42. The SMILES string of the molecule is CNC(=O)[C@H](CC(=O)O)NC(=O)COCCOCCNC(=O)CN[C@@H](C(=O)N1CC[C@H]1C(=O)NCc1ccc(C(=N)N)cc1)C1CCCCC1. The summed E-state index contributed by atoms with van der Waals surface area (Å²) in [6.07, 6.45) is 4.82. The lowest BCUT2D eigenvalue weighted by molar-refractivity contribution is -0.150. The van der Waals surface area contributed by atoms with Crippen LogP contribution in [0.3, 0.4) is 0 Å². The number of rotatable bonds is 21. The van der Waals surface area contributed by atoms with Crippen molar-refractivity contribution in [1.82, 2.24) is 31.5 Å². The lowest BCUT2D eigenvalue weighted by Crippen LogP contribution is -2.63. The van der Waals surface area contributed by atoms with Gasteiger partial charge in [0.05, 0.1) is 38.8 Å². The van der Waals surface area contributed by atoms with Gasteiger partial charge in [-0.2, -0.15) is 0 Å². The molecular formula is C33H50N8O9. The number of carbonyl (C=O) groups is 6. The summed E-state index contributed by atoms with van der Waals surface area (Å²) >= 11 is 0. The number of likely N-dealkylation sites (N-methyl/N-ethyl adjacent to an activating group) is 1. The number of amides is 5. The van der Waals surface area contributed by atoms with Gasteiger partial charge in [-0.3, -0.25) is 39.5 Å². The van der Waals surface area contributed by atoms with Crippen LogP contribution >= 0.6 is 0 Å². The minimum atomic E-state index is -1.23. The zero-order valence-corrected chi connectivity index (χ0v) is 28.5. The Kier molecular flexibility index (Phi) is 16.6. The molecule has 0 spiro atoms. The van der Waals surface area contributed by atoms with Crippen molar-refractivity contribution >= 4 is 41.3 Å². The van der Waals surface area contributed by atoms with E-state index in [9.17, 15) is 28.8 Å². The van der Waals surface area contributed by atoms with Crippen LogP contribution in [0.5, 0.6) is 0 Å².